The quantitative estimate of drug-likeness (QED) is 0.919. The summed E-state index contributed by atoms with van der Waals surface area (Å²) < 4.78 is 0. The maximum atomic E-state index is 12.3. The fourth-order valence-electron chi connectivity index (χ4n) is 2.96. The lowest BCUT2D eigenvalue weighted by Crippen LogP contribution is -2.45. The first-order valence-electron chi connectivity index (χ1n) is 7.42. The lowest BCUT2D eigenvalue weighted by atomic mass is 10.0. The molecular weight excluding hydrogens is 333 g/mol. The zero-order chi connectivity index (χ0) is 16.4. The Bertz CT molecular complexity index is 722. The summed E-state index contributed by atoms with van der Waals surface area (Å²) >= 11 is 12.7. The Kier molecular flexibility index (Phi) is 4.76. The van der Waals surface area contributed by atoms with Crippen LogP contribution in [-0.4, -0.2) is 24.0 Å². The van der Waals surface area contributed by atoms with Crippen molar-refractivity contribution in [3.8, 4) is 0 Å². The molecule has 120 valence electrons. The van der Waals surface area contributed by atoms with E-state index < -0.39 is 0 Å². The molecule has 0 aliphatic carbocycles. The average molecular weight is 350 g/mol. The van der Waals surface area contributed by atoms with Gasteiger partial charge in [-0.3, -0.25) is 14.8 Å². The first kappa shape index (κ1) is 16.1. The van der Waals surface area contributed by atoms with Crippen LogP contribution in [0.15, 0.2) is 48.5 Å². The standard InChI is InChI=1S/C17H17Cl2N3O/c18-13-6-2-1-5-12(13)15-9-10-21(17(23)11-20)22(15)16-8-4-3-7-14(16)19/h1-8,15H,9-11,20H2. The summed E-state index contributed by atoms with van der Waals surface area (Å²) in [6.45, 7) is 0.535. The van der Waals surface area contributed by atoms with E-state index in [0.717, 1.165) is 17.7 Å². The Hall–Kier alpha value is -1.75. The van der Waals surface area contributed by atoms with Crippen molar-refractivity contribution < 1.29 is 4.79 Å². The zero-order valence-electron chi connectivity index (χ0n) is 12.5. The van der Waals surface area contributed by atoms with Gasteiger partial charge < -0.3 is 5.73 Å². The molecule has 0 saturated carbocycles. The predicted molar refractivity (Wildman–Crippen MR) is 93.5 cm³/mol. The van der Waals surface area contributed by atoms with E-state index in [1.165, 1.54) is 0 Å². The van der Waals surface area contributed by atoms with E-state index >= 15 is 0 Å². The van der Waals surface area contributed by atoms with Crippen LogP contribution in [0.5, 0.6) is 0 Å². The fourth-order valence-corrected chi connectivity index (χ4v) is 3.45. The highest BCUT2D eigenvalue weighted by atomic mass is 35.5. The Labute approximate surface area is 145 Å². The third-order valence-electron chi connectivity index (χ3n) is 4.00. The highest BCUT2D eigenvalue weighted by Gasteiger charge is 2.37. The van der Waals surface area contributed by atoms with Gasteiger partial charge in [0.2, 0.25) is 0 Å². The molecule has 1 atom stereocenters. The number of carbonyl (C=O) groups excluding carboxylic acids is 1. The van der Waals surface area contributed by atoms with Crippen molar-refractivity contribution in [1.82, 2.24) is 5.01 Å². The normalized spacial score (nSPS) is 17.6. The van der Waals surface area contributed by atoms with Gasteiger partial charge in [-0.2, -0.15) is 0 Å². The number of carbonyl (C=O) groups is 1. The highest BCUT2D eigenvalue weighted by molar-refractivity contribution is 6.33. The molecule has 3 rings (SSSR count). The van der Waals surface area contributed by atoms with Crippen LogP contribution in [0.25, 0.3) is 0 Å². The highest BCUT2D eigenvalue weighted by Crippen LogP contribution is 2.41. The minimum atomic E-state index is -0.139. The van der Waals surface area contributed by atoms with Gasteiger partial charge >= 0.3 is 0 Å². The average Bonchev–Trinajstić information content (AvgIpc) is 2.99. The van der Waals surface area contributed by atoms with Crippen molar-refractivity contribution in [3.63, 3.8) is 0 Å². The molecule has 1 unspecified atom stereocenters. The number of hydrazine groups is 1. The van der Waals surface area contributed by atoms with Crippen LogP contribution < -0.4 is 10.7 Å². The molecule has 1 amide bonds. The van der Waals surface area contributed by atoms with Crippen molar-refractivity contribution in [1.29, 1.82) is 0 Å². The monoisotopic (exact) mass is 349 g/mol. The number of hydrogen-bond donors (Lipinski definition) is 1. The number of nitrogens with zero attached hydrogens (tertiary/aromatic N) is 2. The van der Waals surface area contributed by atoms with Gasteiger partial charge in [-0.05, 0) is 30.2 Å². The van der Waals surface area contributed by atoms with Gasteiger partial charge in [0.15, 0.2) is 0 Å². The van der Waals surface area contributed by atoms with E-state index in [4.69, 9.17) is 28.9 Å². The molecule has 1 heterocycles. The topological polar surface area (TPSA) is 49.6 Å². The van der Waals surface area contributed by atoms with E-state index in [2.05, 4.69) is 0 Å². The Morgan fingerprint density at radius 2 is 1.74 bits per heavy atom. The van der Waals surface area contributed by atoms with Gasteiger partial charge in [0, 0.05) is 11.6 Å². The second kappa shape index (κ2) is 6.79. The van der Waals surface area contributed by atoms with Gasteiger partial charge in [0.1, 0.15) is 0 Å². The van der Waals surface area contributed by atoms with Gasteiger partial charge in [-0.1, -0.05) is 53.5 Å². The summed E-state index contributed by atoms with van der Waals surface area (Å²) in [6, 6.07) is 15.1. The Morgan fingerprint density at radius 1 is 1.09 bits per heavy atom. The lowest BCUT2D eigenvalue weighted by molar-refractivity contribution is -0.129. The van der Waals surface area contributed by atoms with Gasteiger partial charge in [0.05, 0.1) is 23.3 Å². The van der Waals surface area contributed by atoms with Crippen LogP contribution in [0.3, 0.4) is 0 Å². The first-order valence-corrected chi connectivity index (χ1v) is 8.17. The van der Waals surface area contributed by atoms with Crippen molar-refractivity contribution in [3.05, 3.63) is 64.1 Å². The van der Waals surface area contributed by atoms with Crippen LogP contribution in [0, 0.1) is 0 Å². The predicted octanol–water partition coefficient (Wildman–Crippen LogP) is 3.65. The number of anilines is 1. The summed E-state index contributed by atoms with van der Waals surface area (Å²) in [5, 5.41) is 4.84. The molecule has 1 aliphatic heterocycles. The molecule has 2 N–H and O–H groups in total. The Morgan fingerprint density at radius 3 is 2.39 bits per heavy atom. The summed E-state index contributed by atoms with van der Waals surface area (Å²) in [6.07, 6.45) is 0.765. The summed E-state index contributed by atoms with van der Waals surface area (Å²) in [4.78, 5) is 12.3. The second-order valence-corrected chi connectivity index (χ2v) is 6.16. The Balaban J connectivity index is 2.08. The van der Waals surface area contributed by atoms with Gasteiger partial charge in [-0.15, -0.1) is 0 Å². The van der Waals surface area contributed by atoms with Crippen LogP contribution in [-0.2, 0) is 4.79 Å². The molecule has 0 spiro atoms. The molecule has 1 aliphatic rings. The van der Waals surface area contributed by atoms with Crippen molar-refractivity contribution in [2.45, 2.75) is 12.5 Å². The zero-order valence-corrected chi connectivity index (χ0v) is 14.0. The number of rotatable bonds is 3. The minimum absolute atomic E-state index is 0.0454. The molecule has 4 nitrogen and oxygen atoms in total. The van der Waals surface area contributed by atoms with E-state index in [1.54, 1.807) is 5.01 Å². The van der Waals surface area contributed by atoms with Crippen molar-refractivity contribution >= 4 is 34.8 Å². The molecule has 2 aromatic carbocycles. The van der Waals surface area contributed by atoms with Crippen molar-refractivity contribution in [2.75, 3.05) is 18.1 Å². The molecule has 1 fully saturated rings. The number of amides is 1. The third-order valence-corrected chi connectivity index (χ3v) is 4.66. The number of benzene rings is 2. The molecular formula is C17H17Cl2N3O. The van der Waals surface area contributed by atoms with E-state index in [1.807, 2.05) is 53.5 Å². The maximum Gasteiger partial charge on any atom is 0.254 e. The van der Waals surface area contributed by atoms with E-state index in [9.17, 15) is 4.79 Å². The number of hydrogen-bond acceptors (Lipinski definition) is 3. The first-order chi connectivity index (χ1) is 11.1. The van der Waals surface area contributed by atoms with Crippen LogP contribution in [0.1, 0.15) is 18.0 Å². The van der Waals surface area contributed by atoms with Crippen LogP contribution >= 0.6 is 23.2 Å². The second-order valence-electron chi connectivity index (χ2n) is 5.34. The molecule has 1 saturated heterocycles. The molecule has 0 radical (unpaired) electrons. The number of halogens is 2. The number of nitrogens with two attached hydrogens (primary N) is 1. The van der Waals surface area contributed by atoms with Crippen LogP contribution in [0.4, 0.5) is 5.69 Å². The summed E-state index contributed by atoms with van der Waals surface area (Å²) in [5.41, 5.74) is 7.32. The molecule has 6 heteroatoms. The summed E-state index contributed by atoms with van der Waals surface area (Å²) in [7, 11) is 0. The SMILES string of the molecule is NCC(=O)N1CCC(c2ccccc2Cl)N1c1ccccc1Cl. The van der Waals surface area contributed by atoms with Gasteiger partial charge in [-0.25, -0.2) is 0 Å². The van der Waals surface area contributed by atoms with Crippen LogP contribution in [0.2, 0.25) is 10.0 Å². The fraction of sp³-hybridized carbons (Fsp3) is 0.235. The molecule has 0 bridgehead atoms. The third kappa shape index (κ3) is 3.02. The summed E-state index contributed by atoms with van der Waals surface area (Å²) in [5.74, 6) is -0.139. The molecule has 23 heavy (non-hydrogen) atoms. The smallest absolute Gasteiger partial charge is 0.254 e. The van der Waals surface area contributed by atoms with E-state index in [0.29, 0.717) is 16.6 Å². The maximum absolute atomic E-state index is 12.3. The molecule has 0 aromatic heterocycles. The largest absolute Gasteiger partial charge is 0.322 e. The molecule has 2 aromatic rings. The minimum Gasteiger partial charge on any atom is -0.322 e. The number of para-hydroxylation sites is 1. The van der Waals surface area contributed by atoms with Crippen molar-refractivity contribution in [2.24, 2.45) is 5.73 Å². The van der Waals surface area contributed by atoms with Gasteiger partial charge in [0.25, 0.3) is 5.91 Å². The van der Waals surface area contributed by atoms with E-state index in [-0.39, 0.29) is 18.5 Å². The lowest BCUT2D eigenvalue weighted by Gasteiger charge is -2.35.